The zero-order valence-electron chi connectivity index (χ0n) is 17.8. The topological polar surface area (TPSA) is 151 Å². The van der Waals surface area contributed by atoms with Crippen LogP contribution in [0.1, 0.15) is 25.7 Å². The van der Waals surface area contributed by atoms with Gasteiger partial charge in [-0.3, -0.25) is 9.89 Å². The maximum Gasteiger partial charge on any atom is 0.231 e. The zero-order valence-corrected chi connectivity index (χ0v) is 18.6. The first-order chi connectivity index (χ1) is 15.3. The fourth-order valence-electron chi connectivity index (χ4n) is 3.09. The Bertz CT molecular complexity index is 1240. The Morgan fingerprint density at radius 3 is 2.81 bits per heavy atom. The Morgan fingerprint density at radius 1 is 1.28 bits per heavy atom. The highest BCUT2D eigenvalue weighted by Crippen LogP contribution is 2.32. The minimum absolute atomic E-state index is 0.00523. The highest BCUT2D eigenvalue weighted by atomic mass is 32.2. The van der Waals surface area contributed by atoms with Gasteiger partial charge in [0.1, 0.15) is 17.0 Å². The molecule has 32 heavy (non-hydrogen) atoms. The quantitative estimate of drug-likeness (QED) is 0.334. The number of hydrogen-bond donors (Lipinski definition) is 4. The third-order valence-electron chi connectivity index (χ3n) is 4.86. The number of aromatic nitrogens is 4. The van der Waals surface area contributed by atoms with Crippen LogP contribution < -0.4 is 20.7 Å². The van der Waals surface area contributed by atoms with E-state index in [0.29, 0.717) is 42.1 Å². The van der Waals surface area contributed by atoms with Crippen LogP contribution in [-0.2, 0) is 14.6 Å². The lowest BCUT2D eigenvalue weighted by Crippen LogP contribution is -2.18. The molecule has 3 aromatic rings. The van der Waals surface area contributed by atoms with Crippen molar-refractivity contribution in [1.82, 2.24) is 25.5 Å². The number of H-pyrrole nitrogens is 1. The van der Waals surface area contributed by atoms with Crippen molar-refractivity contribution < 1.29 is 17.9 Å². The summed E-state index contributed by atoms with van der Waals surface area (Å²) in [4.78, 5) is 20.2. The molecule has 2 heterocycles. The van der Waals surface area contributed by atoms with Gasteiger partial charge < -0.3 is 20.7 Å². The number of nitrogens with one attached hydrogen (secondary N) is 4. The van der Waals surface area contributed by atoms with Crippen molar-refractivity contribution in [2.75, 3.05) is 30.5 Å². The van der Waals surface area contributed by atoms with Gasteiger partial charge in [-0.1, -0.05) is 6.07 Å². The molecule has 1 saturated carbocycles. The van der Waals surface area contributed by atoms with Crippen LogP contribution in [0.4, 0.5) is 17.5 Å². The number of ether oxygens (including phenoxy) is 1. The van der Waals surface area contributed by atoms with Crippen molar-refractivity contribution in [3.05, 3.63) is 24.3 Å². The maximum absolute atomic E-state index is 12.1. The van der Waals surface area contributed by atoms with Crippen LogP contribution in [0.25, 0.3) is 11.0 Å². The molecule has 4 rings (SSSR count). The molecule has 1 amide bonds. The molecule has 2 aromatic heterocycles. The molecule has 0 atom stereocenters. The van der Waals surface area contributed by atoms with Crippen LogP contribution in [0.3, 0.4) is 0 Å². The van der Waals surface area contributed by atoms with Gasteiger partial charge in [0.2, 0.25) is 11.9 Å². The Morgan fingerprint density at radius 2 is 2.09 bits per heavy atom. The van der Waals surface area contributed by atoms with Crippen molar-refractivity contribution in [3.8, 4) is 5.75 Å². The summed E-state index contributed by atoms with van der Waals surface area (Å²) < 4.78 is 30.0. The minimum atomic E-state index is -3.52. The molecule has 1 aromatic carbocycles. The molecule has 0 spiro atoms. The predicted molar refractivity (Wildman–Crippen MR) is 120 cm³/mol. The fraction of sp³-hybridized carbons (Fsp3) is 0.400. The number of hydrogen-bond acceptors (Lipinski definition) is 9. The Kier molecular flexibility index (Phi) is 6.12. The second-order valence-corrected chi connectivity index (χ2v) is 9.57. The summed E-state index contributed by atoms with van der Waals surface area (Å²) in [6, 6.07) is 7.55. The summed E-state index contributed by atoms with van der Waals surface area (Å²) >= 11 is 0. The second kappa shape index (κ2) is 8.99. The number of rotatable bonds is 10. The van der Waals surface area contributed by atoms with Gasteiger partial charge in [0.25, 0.3) is 0 Å². The lowest BCUT2D eigenvalue weighted by Gasteiger charge is -2.11. The number of carbonyl (C=O) groups excluding carboxylic acids is 1. The van der Waals surface area contributed by atoms with E-state index in [1.807, 2.05) is 18.2 Å². The van der Waals surface area contributed by atoms with Crippen molar-refractivity contribution in [3.63, 3.8) is 0 Å². The van der Waals surface area contributed by atoms with E-state index >= 15 is 0 Å². The molecule has 0 bridgehead atoms. The molecular weight excluding hydrogens is 434 g/mol. The van der Waals surface area contributed by atoms with Crippen LogP contribution in [0.2, 0.25) is 0 Å². The van der Waals surface area contributed by atoms with Gasteiger partial charge >= 0.3 is 0 Å². The average Bonchev–Trinajstić information content (AvgIpc) is 3.45. The molecule has 0 unspecified atom stereocenters. The van der Waals surface area contributed by atoms with Crippen LogP contribution in [-0.4, -0.2) is 60.4 Å². The molecule has 0 aliphatic heterocycles. The molecule has 1 fully saturated rings. The predicted octanol–water partition coefficient (Wildman–Crippen LogP) is 1.98. The Labute approximate surface area is 185 Å². The number of nitrogens with zero attached hydrogens (tertiary/aromatic N) is 3. The maximum atomic E-state index is 12.1. The number of fused-ring (bicyclic) bond motifs is 1. The van der Waals surface area contributed by atoms with Crippen LogP contribution in [0.15, 0.2) is 29.3 Å². The molecule has 4 N–H and O–H groups in total. The van der Waals surface area contributed by atoms with E-state index in [4.69, 9.17) is 4.74 Å². The van der Waals surface area contributed by atoms with Gasteiger partial charge in [-0.15, -0.1) is 0 Å². The zero-order chi connectivity index (χ0) is 22.7. The molecule has 1 aliphatic rings. The Hall–Kier alpha value is -3.41. The SMILES string of the molecule is CNC(=O)CCCOc1cccc(Nc2nc(NC3CC3)c3c(S(C)(=O)=O)[nH]nc3n2)c1. The lowest BCUT2D eigenvalue weighted by atomic mass is 10.3. The highest BCUT2D eigenvalue weighted by molar-refractivity contribution is 7.90. The van der Waals surface area contributed by atoms with Gasteiger partial charge in [0.05, 0.1) is 6.61 Å². The van der Waals surface area contributed by atoms with Crippen LogP contribution in [0.5, 0.6) is 5.75 Å². The average molecular weight is 460 g/mol. The normalized spacial score (nSPS) is 13.7. The molecule has 12 heteroatoms. The molecule has 11 nitrogen and oxygen atoms in total. The number of carbonyl (C=O) groups is 1. The molecule has 0 saturated heterocycles. The van der Waals surface area contributed by atoms with Crippen LogP contribution >= 0.6 is 0 Å². The molecule has 1 aliphatic carbocycles. The lowest BCUT2D eigenvalue weighted by molar-refractivity contribution is -0.120. The number of benzene rings is 1. The molecule has 0 radical (unpaired) electrons. The summed E-state index contributed by atoms with van der Waals surface area (Å²) in [6.07, 6.45) is 4.12. The number of aromatic amines is 1. The Balaban J connectivity index is 1.53. The van der Waals surface area contributed by atoms with Gasteiger partial charge in [0, 0.05) is 37.5 Å². The van der Waals surface area contributed by atoms with E-state index in [2.05, 4.69) is 36.1 Å². The molecular formula is C20H25N7O4S. The largest absolute Gasteiger partial charge is 0.494 e. The van der Waals surface area contributed by atoms with E-state index in [0.717, 1.165) is 19.1 Å². The first-order valence-electron chi connectivity index (χ1n) is 10.3. The third-order valence-corrected chi connectivity index (χ3v) is 5.89. The fourth-order valence-corrected chi connectivity index (χ4v) is 3.86. The van der Waals surface area contributed by atoms with Gasteiger partial charge in [0.15, 0.2) is 20.5 Å². The van der Waals surface area contributed by atoms with Gasteiger partial charge in [-0.05, 0) is 31.4 Å². The van der Waals surface area contributed by atoms with E-state index in [1.54, 1.807) is 13.1 Å². The van der Waals surface area contributed by atoms with E-state index < -0.39 is 9.84 Å². The van der Waals surface area contributed by atoms with Crippen molar-refractivity contribution in [2.45, 2.75) is 36.8 Å². The van der Waals surface area contributed by atoms with Crippen LogP contribution in [0, 0.1) is 0 Å². The minimum Gasteiger partial charge on any atom is -0.494 e. The first-order valence-corrected chi connectivity index (χ1v) is 12.2. The summed E-state index contributed by atoms with van der Waals surface area (Å²) in [5.41, 5.74) is 0.956. The van der Waals surface area contributed by atoms with E-state index in [9.17, 15) is 13.2 Å². The standard InChI is InChI=1S/C20H25N7O4S/c1-21-15(28)7-4-10-31-14-6-3-5-13(11-14)23-20-24-17(22-12-8-9-12)16-18(25-20)26-27-19(16)32(2,29)30/h3,5-6,11-12H,4,7-10H2,1-2H3,(H,21,28)(H3,22,23,24,25,26,27). The molecule has 170 valence electrons. The van der Waals surface area contributed by atoms with Crippen molar-refractivity contribution >= 4 is 44.2 Å². The monoisotopic (exact) mass is 459 g/mol. The second-order valence-electron chi connectivity index (χ2n) is 7.62. The summed E-state index contributed by atoms with van der Waals surface area (Å²) in [5.74, 6) is 1.33. The van der Waals surface area contributed by atoms with Gasteiger partial charge in [-0.2, -0.15) is 15.1 Å². The smallest absolute Gasteiger partial charge is 0.231 e. The van der Waals surface area contributed by atoms with Gasteiger partial charge in [-0.25, -0.2) is 8.42 Å². The first kappa shape index (κ1) is 21.8. The van der Waals surface area contributed by atoms with E-state index in [1.165, 1.54) is 0 Å². The van der Waals surface area contributed by atoms with Crippen molar-refractivity contribution in [1.29, 1.82) is 0 Å². The number of amides is 1. The highest BCUT2D eigenvalue weighted by Gasteiger charge is 2.27. The third kappa shape index (κ3) is 5.25. The summed E-state index contributed by atoms with van der Waals surface area (Å²) in [5, 5.41) is 16.0. The number of anilines is 3. The van der Waals surface area contributed by atoms with E-state index in [-0.39, 0.29) is 28.6 Å². The van der Waals surface area contributed by atoms with Crippen molar-refractivity contribution in [2.24, 2.45) is 0 Å². The number of sulfone groups is 1. The summed E-state index contributed by atoms with van der Waals surface area (Å²) in [7, 11) is -1.91. The summed E-state index contributed by atoms with van der Waals surface area (Å²) in [6.45, 7) is 0.413.